The molecule has 3 fully saturated rings. The number of carbonyl (C=O) groups is 2. The lowest BCUT2D eigenvalue weighted by atomic mass is 9.40. The van der Waals surface area contributed by atoms with E-state index < -0.39 is 63.7 Å². The van der Waals surface area contributed by atoms with Gasteiger partial charge in [-0.05, 0) is 32.1 Å². The highest BCUT2D eigenvalue weighted by Crippen LogP contribution is 2.67. The van der Waals surface area contributed by atoms with Gasteiger partial charge in [-0.1, -0.05) is 26.8 Å². The van der Waals surface area contributed by atoms with Crippen molar-refractivity contribution in [2.75, 3.05) is 7.05 Å². The van der Waals surface area contributed by atoms with E-state index in [9.17, 15) is 24.9 Å². The van der Waals surface area contributed by atoms with Gasteiger partial charge >= 0.3 is 6.09 Å². The van der Waals surface area contributed by atoms with E-state index in [1.807, 2.05) is 13.8 Å². The van der Waals surface area contributed by atoms with Crippen LogP contribution in [-0.4, -0.2) is 74.4 Å². The maximum atomic E-state index is 13.7. The van der Waals surface area contributed by atoms with Gasteiger partial charge in [0.05, 0.1) is 17.8 Å². The Morgan fingerprint density at radius 2 is 1.87 bits per heavy atom. The summed E-state index contributed by atoms with van der Waals surface area (Å²) < 4.78 is 11.9. The minimum Gasteiger partial charge on any atom is -0.439 e. The van der Waals surface area contributed by atoms with Crippen molar-refractivity contribution in [3.63, 3.8) is 0 Å². The molecule has 0 aromatic rings. The number of fused-ring (bicyclic) bond motifs is 3. The molecule has 1 heterocycles. The smallest absolute Gasteiger partial charge is 0.424 e. The molecule has 31 heavy (non-hydrogen) atoms. The molecule has 0 spiro atoms. The van der Waals surface area contributed by atoms with Crippen molar-refractivity contribution >= 4 is 11.9 Å². The predicted octanol–water partition coefficient (Wildman–Crippen LogP) is 0.899. The van der Waals surface area contributed by atoms with E-state index in [4.69, 9.17) is 15.3 Å². The number of ketones is 1. The Hall–Kier alpha value is -1.52. The first-order chi connectivity index (χ1) is 14.0. The number of nitrogens with zero attached hydrogens (tertiary/aromatic N) is 1. The quantitative estimate of drug-likeness (QED) is 0.215. The summed E-state index contributed by atoms with van der Waals surface area (Å²) in [4.78, 5) is 26.1. The zero-order chi connectivity index (χ0) is 23.8. The Balaban J connectivity index is 2.30. The molecule has 0 aromatic heterocycles. The van der Waals surface area contributed by atoms with Crippen LogP contribution >= 0.6 is 0 Å². The average molecular weight is 441 g/mol. The van der Waals surface area contributed by atoms with Gasteiger partial charge in [-0.15, -0.1) is 6.58 Å². The van der Waals surface area contributed by atoms with E-state index in [2.05, 4.69) is 6.58 Å². The summed E-state index contributed by atoms with van der Waals surface area (Å²) in [5, 5.41) is 35.7. The third-order valence-corrected chi connectivity index (χ3v) is 8.24. The molecule has 2 saturated carbocycles. The molecule has 176 valence electrons. The molecule has 8 atom stereocenters. The fraction of sp³-hybridized carbons (Fsp3) is 0.818. The van der Waals surface area contributed by atoms with Crippen LogP contribution in [0.2, 0.25) is 0 Å². The number of rotatable bonds is 2. The molecule has 1 aliphatic heterocycles. The van der Waals surface area contributed by atoms with E-state index >= 15 is 0 Å². The fourth-order valence-electron chi connectivity index (χ4n) is 6.67. The third kappa shape index (κ3) is 2.94. The number of ether oxygens (including phenoxy) is 2. The molecule has 2 aliphatic carbocycles. The summed E-state index contributed by atoms with van der Waals surface area (Å²) in [7, 11) is 1.28. The summed E-state index contributed by atoms with van der Waals surface area (Å²) >= 11 is 0. The maximum absolute atomic E-state index is 13.7. The first-order valence-electron chi connectivity index (χ1n) is 10.7. The van der Waals surface area contributed by atoms with Crippen molar-refractivity contribution in [2.24, 2.45) is 22.6 Å². The highest BCUT2D eigenvalue weighted by Gasteiger charge is 2.81. The third-order valence-electron chi connectivity index (χ3n) is 8.24. The molecular weight excluding hydrogens is 404 g/mol. The van der Waals surface area contributed by atoms with Crippen LogP contribution in [-0.2, 0) is 14.3 Å². The van der Waals surface area contributed by atoms with Gasteiger partial charge in [0.1, 0.15) is 5.60 Å². The van der Waals surface area contributed by atoms with E-state index in [1.165, 1.54) is 20.0 Å². The number of Topliss-reactive ketones (excluding diaryl/α,β-unsaturated/α-hetero) is 1. The van der Waals surface area contributed by atoms with Gasteiger partial charge in [0.2, 0.25) is 0 Å². The summed E-state index contributed by atoms with van der Waals surface area (Å²) in [6, 6.07) is 0. The predicted molar refractivity (Wildman–Crippen MR) is 112 cm³/mol. The Bertz CT molecular complexity index is 801. The van der Waals surface area contributed by atoms with Gasteiger partial charge in [-0.25, -0.2) is 15.6 Å². The van der Waals surface area contributed by atoms with Crippen LogP contribution in [0.5, 0.6) is 0 Å². The summed E-state index contributed by atoms with van der Waals surface area (Å²) in [5.74, 6) is 4.20. The van der Waals surface area contributed by atoms with Gasteiger partial charge in [0.15, 0.2) is 17.5 Å². The first-order valence-corrected chi connectivity index (χ1v) is 10.7. The summed E-state index contributed by atoms with van der Waals surface area (Å²) in [6.45, 7) is 12.3. The molecular formula is C22H36N2O7. The second-order valence-electron chi connectivity index (χ2n) is 10.7. The Labute approximate surface area is 183 Å². The standard InChI is InChI=1S/C22H36N2O7/c1-8-19(4)11-13(26)22(29)20(5)12(25)9-10-18(2,3)15(20)14(27)16(21(22,6)31-19)30-17(28)24(7)23/h8,12,14-16,25,27,29H,1,9-11,23H2,2-7H3/t12-,14-,15-,16-,19-,20-,21+,22-/m0/s1. The lowest BCUT2D eigenvalue weighted by Gasteiger charge is -2.71. The molecule has 1 saturated heterocycles. The monoisotopic (exact) mass is 440 g/mol. The lowest BCUT2D eigenvalue weighted by Crippen LogP contribution is -2.86. The topological polar surface area (TPSA) is 143 Å². The number of aliphatic hydroxyl groups excluding tert-OH is 2. The largest absolute Gasteiger partial charge is 0.439 e. The Kier molecular flexibility index (Phi) is 5.44. The van der Waals surface area contributed by atoms with Gasteiger partial charge in [0.25, 0.3) is 0 Å². The zero-order valence-corrected chi connectivity index (χ0v) is 19.2. The van der Waals surface area contributed by atoms with Gasteiger partial charge in [0, 0.05) is 24.8 Å². The first kappa shape index (κ1) is 24.1. The number of hydrazine groups is 1. The average Bonchev–Trinajstić information content (AvgIpc) is 2.65. The maximum Gasteiger partial charge on any atom is 0.424 e. The van der Waals surface area contributed by atoms with Crippen molar-refractivity contribution in [1.29, 1.82) is 0 Å². The number of hydrogen-bond donors (Lipinski definition) is 4. The number of nitrogens with two attached hydrogens (primary N) is 1. The van der Waals surface area contributed by atoms with Crippen LogP contribution in [0.25, 0.3) is 0 Å². The number of hydrogen-bond acceptors (Lipinski definition) is 8. The molecule has 9 heteroatoms. The van der Waals surface area contributed by atoms with Crippen molar-refractivity contribution < 1.29 is 34.4 Å². The number of amides is 1. The minimum absolute atomic E-state index is 0.175. The Morgan fingerprint density at radius 3 is 2.39 bits per heavy atom. The summed E-state index contributed by atoms with van der Waals surface area (Å²) in [5.41, 5.74) is -7.34. The van der Waals surface area contributed by atoms with Gasteiger partial charge in [-0.2, -0.15) is 0 Å². The van der Waals surface area contributed by atoms with Crippen LogP contribution in [0.1, 0.15) is 53.9 Å². The molecule has 5 N–H and O–H groups in total. The Morgan fingerprint density at radius 1 is 1.29 bits per heavy atom. The lowest BCUT2D eigenvalue weighted by molar-refractivity contribution is -0.369. The van der Waals surface area contributed by atoms with Crippen molar-refractivity contribution in [3.05, 3.63) is 12.7 Å². The zero-order valence-electron chi connectivity index (χ0n) is 19.2. The summed E-state index contributed by atoms with van der Waals surface area (Å²) in [6.07, 6.45) is -2.64. The van der Waals surface area contributed by atoms with Gasteiger partial charge in [-0.3, -0.25) is 4.79 Å². The second kappa shape index (κ2) is 6.99. The van der Waals surface area contributed by atoms with Crippen molar-refractivity contribution in [3.8, 4) is 0 Å². The van der Waals surface area contributed by atoms with Crippen LogP contribution in [0.15, 0.2) is 12.7 Å². The van der Waals surface area contributed by atoms with E-state index in [-0.39, 0.29) is 6.42 Å². The second-order valence-corrected chi connectivity index (χ2v) is 10.7. The fourth-order valence-corrected chi connectivity index (χ4v) is 6.67. The normalized spacial score (nSPS) is 48.9. The van der Waals surface area contributed by atoms with Crippen LogP contribution in [0, 0.1) is 16.7 Å². The molecule has 0 aromatic carbocycles. The number of aliphatic hydroxyl groups is 3. The van der Waals surface area contributed by atoms with Crippen LogP contribution in [0.3, 0.4) is 0 Å². The highest BCUT2D eigenvalue weighted by atomic mass is 16.6. The minimum atomic E-state index is -2.25. The van der Waals surface area contributed by atoms with E-state index in [0.717, 1.165) is 0 Å². The van der Waals surface area contributed by atoms with Crippen molar-refractivity contribution in [1.82, 2.24) is 5.01 Å². The van der Waals surface area contributed by atoms with E-state index in [1.54, 1.807) is 13.8 Å². The molecule has 0 bridgehead atoms. The SMILES string of the molecule is C=C[C@@]1(C)CC(=O)[C@]2(O)[C@@]3(C)[C@@H](O)CCC(C)(C)[C@@H]3[C@H](O)[C@H](OC(=O)N(C)N)[C@@]2(C)O1. The molecule has 1 amide bonds. The van der Waals surface area contributed by atoms with Gasteiger partial charge < -0.3 is 24.8 Å². The van der Waals surface area contributed by atoms with Crippen molar-refractivity contribution in [2.45, 2.75) is 89.0 Å². The van der Waals surface area contributed by atoms with Crippen LogP contribution in [0.4, 0.5) is 4.79 Å². The molecule has 3 aliphatic rings. The highest BCUT2D eigenvalue weighted by molar-refractivity contribution is 5.92. The van der Waals surface area contributed by atoms with E-state index in [0.29, 0.717) is 17.9 Å². The molecule has 0 radical (unpaired) electrons. The number of carbonyl (C=O) groups excluding carboxylic acids is 2. The van der Waals surface area contributed by atoms with Crippen LogP contribution < -0.4 is 5.84 Å². The molecule has 3 rings (SSSR count). The molecule has 9 nitrogen and oxygen atoms in total. The molecule has 0 unspecified atom stereocenters.